The van der Waals surface area contributed by atoms with Crippen molar-refractivity contribution in [2.75, 3.05) is 38.2 Å². The zero-order valence-electron chi connectivity index (χ0n) is 16.5. The van der Waals surface area contributed by atoms with Gasteiger partial charge in [-0.1, -0.05) is 12.1 Å². The molecule has 2 N–H and O–H groups in total. The quantitative estimate of drug-likeness (QED) is 0.324. The van der Waals surface area contributed by atoms with Crippen LogP contribution in [-0.4, -0.2) is 63.5 Å². The molecule has 0 unspecified atom stereocenters. The van der Waals surface area contributed by atoms with Gasteiger partial charge < -0.3 is 15.5 Å². The van der Waals surface area contributed by atoms with E-state index in [0.717, 1.165) is 44.0 Å². The first kappa shape index (κ1) is 24.7. The van der Waals surface area contributed by atoms with E-state index < -0.39 is 9.84 Å². The summed E-state index contributed by atoms with van der Waals surface area (Å²) in [4.78, 5) is 6.85. The third-order valence-electron chi connectivity index (χ3n) is 4.55. The van der Waals surface area contributed by atoms with Gasteiger partial charge in [0, 0.05) is 38.5 Å². The van der Waals surface area contributed by atoms with E-state index in [1.165, 1.54) is 6.26 Å². The van der Waals surface area contributed by atoms with Crippen LogP contribution >= 0.6 is 24.0 Å². The Morgan fingerprint density at radius 1 is 1.29 bits per heavy atom. The van der Waals surface area contributed by atoms with E-state index >= 15 is 0 Å². The lowest BCUT2D eigenvalue weighted by molar-refractivity contribution is 0.216. The molecule has 1 aliphatic heterocycles. The van der Waals surface area contributed by atoms with Crippen molar-refractivity contribution in [2.45, 2.75) is 32.4 Å². The van der Waals surface area contributed by atoms with Crippen LogP contribution in [0.2, 0.25) is 0 Å². The van der Waals surface area contributed by atoms with Crippen LogP contribution in [0.15, 0.2) is 29.3 Å². The lowest BCUT2D eigenvalue weighted by Gasteiger charge is -2.32. The summed E-state index contributed by atoms with van der Waals surface area (Å²) >= 11 is 0. The summed E-state index contributed by atoms with van der Waals surface area (Å²) in [5.41, 5.74) is 1.71. The smallest absolute Gasteiger partial charge is 0.191 e. The number of nitrogens with zero attached hydrogens (tertiary/aromatic N) is 3. The molecule has 1 heterocycles. The average molecular weight is 519 g/mol. The minimum atomic E-state index is -2.91. The zero-order valence-corrected chi connectivity index (χ0v) is 19.7. The molecule has 0 radical (unpaired) electrons. The van der Waals surface area contributed by atoms with Gasteiger partial charge in [-0.05, 0) is 37.5 Å². The van der Waals surface area contributed by atoms with Crippen LogP contribution < -0.4 is 10.6 Å². The predicted molar refractivity (Wildman–Crippen MR) is 124 cm³/mol. The van der Waals surface area contributed by atoms with Crippen LogP contribution in [0.25, 0.3) is 0 Å². The Morgan fingerprint density at radius 3 is 2.46 bits per heavy atom. The van der Waals surface area contributed by atoms with Crippen LogP contribution in [0, 0.1) is 11.3 Å². The van der Waals surface area contributed by atoms with E-state index in [4.69, 9.17) is 5.26 Å². The summed E-state index contributed by atoms with van der Waals surface area (Å²) < 4.78 is 22.6. The molecule has 9 heteroatoms. The topological polar surface area (TPSA) is 97.6 Å². The number of benzene rings is 1. The van der Waals surface area contributed by atoms with Crippen LogP contribution in [0.1, 0.15) is 30.9 Å². The van der Waals surface area contributed by atoms with Crippen molar-refractivity contribution in [3.63, 3.8) is 0 Å². The van der Waals surface area contributed by atoms with Gasteiger partial charge in [0.15, 0.2) is 5.96 Å². The molecular formula is C19H30IN5O2S. The molecule has 1 aromatic carbocycles. The van der Waals surface area contributed by atoms with Crippen molar-refractivity contribution in [3.05, 3.63) is 35.4 Å². The summed E-state index contributed by atoms with van der Waals surface area (Å²) in [5.74, 6) is 1.01. The Balaban J connectivity index is 0.00000392. The standard InChI is InChI=1S/C19H29N5O2S.HI/c1-3-21-19(22-15-17-6-4-16(14-20)5-7-17)23-18-8-10-24(11-9-18)12-13-27(2,25)26;/h4-7,18H,3,8-13,15H2,1-2H3,(H2,21,22,23);1H. The van der Waals surface area contributed by atoms with Crippen LogP contribution in [-0.2, 0) is 16.4 Å². The molecule has 0 atom stereocenters. The largest absolute Gasteiger partial charge is 0.357 e. The molecule has 0 aliphatic carbocycles. The molecule has 0 bridgehead atoms. The number of aliphatic imine (C=N–C) groups is 1. The number of piperidine rings is 1. The highest BCUT2D eigenvalue weighted by Crippen LogP contribution is 2.10. The number of nitriles is 1. The van der Waals surface area contributed by atoms with Crippen molar-refractivity contribution in [3.8, 4) is 6.07 Å². The summed E-state index contributed by atoms with van der Waals surface area (Å²) in [6.45, 7) is 5.76. The molecule has 1 aromatic rings. The van der Waals surface area contributed by atoms with E-state index in [1.54, 1.807) is 12.1 Å². The maximum absolute atomic E-state index is 11.3. The molecule has 1 aliphatic rings. The first-order chi connectivity index (χ1) is 12.9. The van der Waals surface area contributed by atoms with Gasteiger partial charge in [0.1, 0.15) is 9.84 Å². The van der Waals surface area contributed by atoms with Gasteiger partial charge in [-0.3, -0.25) is 0 Å². The van der Waals surface area contributed by atoms with Crippen LogP contribution in [0.3, 0.4) is 0 Å². The molecule has 28 heavy (non-hydrogen) atoms. The fourth-order valence-corrected chi connectivity index (χ4v) is 3.55. The highest BCUT2D eigenvalue weighted by atomic mass is 127. The number of nitrogens with one attached hydrogen (secondary N) is 2. The van der Waals surface area contributed by atoms with Gasteiger partial charge in [-0.15, -0.1) is 24.0 Å². The lowest BCUT2D eigenvalue weighted by atomic mass is 10.1. The molecule has 0 spiro atoms. The van der Waals surface area contributed by atoms with Gasteiger partial charge in [-0.2, -0.15) is 5.26 Å². The number of guanidine groups is 1. The number of sulfone groups is 1. The Bertz CT molecular complexity index is 767. The van der Waals surface area contributed by atoms with E-state index in [-0.39, 0.29) is 29.7 Å². The second-order valence-corrected chi connectivity index (χ2v) is 9.15. The molecule has 0 saturated carbocycles. The van der Waals surface area contributed by atoms with Crippen molar-refractivity contribution in [2.24, 2.45) is 4.99 Å². The van der Waals surface area contributed by atoms with Gasteiger partial charge in [0.25, 0.3) is 0 Å². The zero-order chi connectivity index (χ0) is 19.7. The van der Waals surface area contributed by atoms with Crippen LogP contribution in [0.5, 0.6) is 0 Å². The molecular weight excluding hydrogens is 489 g/mol. The Labute approximate surface area is 185 Å². The number of likely N-dealkylation sites (tertiary alicyclic amines) is 1. The first-order valence-electron chi connectivity index (χ1n) is 9.33. The van der Waals surface area contributed by atoms with E-state index in [2.05, 4.69) is 26.6 Å². The van der Waals surface area contributed by atoms with E-state index in [0.29, 0.717) is 24.7 Å². The Hall–Kier alpha value is -1.38. The summed E-state index contributed by atoms with van der Waals surface area (Å²) in [6.07, 6.45) is 3.21. The van der Waals surface area contributed by atoms with Crippen molar-refractivity contribution < 1.29 is 8.42 Å². The number of halogens is 1. The van der Waals surface area contributed by atoms with Gasteiger partial charge in [-0.25, -0.2) is 13.4 Å². The molecule has 7 nitrogen and oxygen atoms in total. The Morgan fingerprint density at radius 2 is 1.93 bits per heavy atom. The fourth-order valence-electron chi connectivity index (χ4n) is 2.96. The minimum Gasteiger partial charge on any atom is -0.357 e. The fraction of sp³-hybridized carbons (Fsp3) is 0.579. The normalized spacial score (nSPS) is 16.1. The first-order valence-corrected chi connectivity index (χ1v) is 11.4. The second kappa shape index (κ2) is 12.2. The Kier molecular flexibility index (Phi) is 10.8. The average Bonchev–Trinajstić information content (AvgIpc) is 2.65. The SMILES string of the molecule is CCNC(=NCc1ccc(C#N)cc1)NC1CCN(CCS(C)(=O)=O)CC1.I. The lowest BCUT2D eigenvalue weighted by Crippen LogP contribution is -2.49. The van der Waals surface area contributed by atoms with E-state index in [1.807, 2.05) is 19.1 Å². The van der Waals surface area contributed by atoms with Gasteiger partial charge in [0.05, 0.1) is 23.9 Å². The number of hydrogen-bond acceptors (Lipinski definition) is 5. The third kappa shape index (κ3) is 9.21. The maximum Gasteiger partial charge on any atom is 0.191 e. The van der Waals surface area contributed by atoms with Gasteiger partial charge in [0.2, 0.25) is 0 Å². The summed E-state index contributed by atoms with van der Waals surface area (Å²) in [5, 5.41) is 15.6. The maximum atomic E-state index is 11.3. The minimum absolute atomic E-state index is 0. The highest BCUT2D eigenvalue weighted by Gasteiger charge is 2.20. The summed E-state index contributed by atoms with van der Waals surface area (Å²) in [7, 11) is -2.91. The third-order valence-corrected chi connectivity index (χ3v) is 5.48. The van der Waals surface area contributed by atoms with Gasteiger partial charge >= 0.3 is 0 Å². The van der Waals surface area contributed by atoms with Crippen molar-refractivity contribution in [1.82, 2.24) is 15.5 Å². The second-order valence-electron chi connectivity index (χ2n) is 6.89. The molecule has 0 amide bonds. The monoisotopic (exact) mass is 519 g/mol. The van der Waals surface area contributed by atoms with E-state index in [9.17, 15) is 8.42 Å². The predicted octanol–water partition coefficient (Wildman–Crippen LogP) is 1.74. The highest BCUT2D eigenvalue weighted by molar-refractivity contribution is 14.0. The number of hydrogen-bond donors (Lipinski definition) is 2. The molecule has 2 rings (SSSR count). The van der Waals surface area contributed by atoms with Crippen molar-refractivity contribution in [1.29, 1.82) is 5.26 Å². The number of rotatable bonds is 7. The molecule has 1 fully saturated rings. The molecule has 156 valence electrons. The molecule has 1 saturated heterocycles. The molecule has 0 aromatic heterocycles. The summed E-state index contributed by atoms with van der Waals surface area (Å²) in [6, 6.07) is 9.90. The van der Waals surface area contributed by atoms with Crippen LogP contribution in [0.4, 0.5) is 0 Å². The van der Waals surface area contributed by atoms with Crippen molar-refractivity contribution >= 4 is 39.8 Å².